The molecule has 1 atom stereocenters. The Labute approximate surface area is 117 Å². The number of hydrogen-bond donors (Lipinski definition) is 1. The predicted octanol–water partition coefficient (Wildman–Crippen LogP) is 3.05. The molecule has 1 amide bonds. The maximum Gasteiger partial charge on any atom is 0.406 e. The summed E-state index contributed by atoms with van der Waals surface area (Å²) in [5.41, 5.74) is 0.00436. The van der Waals surface area contributed by atoms with Crippen LogP contribution in [0.5, 0.6) is 0 Å². The van der Waals surface area contributed by atoms with Gasteiger partial charge >= 0.3 is 6.18 Å². The van der Waals surface area contributed by atoms with Crippen molar-refractivity contribution >= 4 is 23.2 Å². The van der Waals surface area contributed by atoms with Crippen molar-refractivity contribution in [2.24, 2.45) is 0 Å². The fourth-order valence-corrected chi connectivity index (χ4v) is 2.22. The van der Waals surface area contributed by atoms with E-state index in [9.17, 15) is 22.4 Å². The molecule has 1 aliphatic rings. The largest absolute Gasteiger partial charge is 0.406 e. The summed E-state index contributed by atoms with van der Waals surface area (Å²) in [7, 11) is 0. The van der Waals surface area contributed by atoms with Gasteiger partial charge in [0, 0.05) is 6.54 Å². The summed E-state index contributed by atoms with van der Waals surface area (Å²) in [5, 5.41) is 2.48. The number of alkyl halides is 3. The first-order chi connectivity index (χ1) is 9.28. The van der Waals surface area contributed by atoms with Crippen LogP contribution < -0.4 is 5.32 Å². The van der Waals surface area contributed by atoms with Crippen molar-refractivity contribution in [2.45, 2.75) is 18.6 Å². The van der Waals surface area contributed by atoms with E-state index in [0.29, 0.717) is 4.90 Å². The lowest BCUT2D eigenvalue weighted by Crippen LogP contribution is -2.39. The van der Waals surface area contributed by atoms with Crippen LogP contribution >= 0.6 is 11.6 Å². The van der Waals surface area contributed by atoms with Crippen molar-refractivity contribution in [3.63, 3.8) is 0 Å². The third kappa shape index (κ3) is 3.33. The quantitative estimate of drug-likeness (QED) is 0.870. The molecule has 1 N–H and O–H groups in total. The number of carbonyl (C=O) groups excluding carboxylic acids is 1. The highest BCUT2D eigenvalue weighted by molar-refractivity contribution is 6.31. The van der Waals surface area contributed by atoms with E-state index in [1.807, 2.05) is 0 Å². The molecule has 8 heteroatoms. The van der Waals surface area contributed by atoms with Gasteiger partial charge in [-0.1, -0.05) is 17.7 Å². The zero-order chi connectivity index (χ0) is 14.9. The Morgan fingerprint density at radius 2 is 2.10 bits per heavy atom. The summed E-state index contributed by atoms with van der Waals surface area (Å²) < 4.78 is 50.4. The normalized spacial score (nSPS) is 19.6. The zero-order valence-corrected chi connectivity index (χ0v) is 10.9. The molecule has 0 aromatic heterocycles. The van der Waals surface area contributed by atoms with Crippen LogP contribution in [0.4, 0.5) is 23.2 Å². The highest BCUT2D eigenvalue weighted by atomic mass is 35.5. The molecule has 0 spiro atoms. The molecule has 3 nitrogen and oxygen atoms in total. The van der Waals surface area contributed by atoms with Crippen LogP contribution in [0.1, 0.15) is 6.42 Å². The predicted molar refractivity (Wildman–Crippen MR) is 66.1 cm³/mol. The molecule has 1 heterocycles. The van der Waals surface area contributed by atoms with Gasteiger partial charge < -0.3 is 10.2 Å². The molecule has 1 unspecified atom stereocenters. The number of likely N-dealkylation sites (tertiary alicyclic amines) is 1. The minimum absolute atomic E-state index is 0.00436. The molecular formula is C12H11ClF4N2O. The fourth-order valence-electron chi connectivity index (χ4n) is 2.05. The van der Waals surface area contributed by atoms with Gasteiger partial charge in [0.25, 0.3) is 0 Å². The molecule has 1 saturated heterocycles. The Bertz CT molecular complexity index is 521. The van der Waals surface area contributed by atoms with Crippen molar-refractivity contribution < 1.29 is 22.4 Å². The van der Waals surface area contributed by atoms with Crippen molar-refractivity contribution in [3.05, 3.63) is 29.0 Å². The van der Waals surface area contributed by atoms with Crippen molar-refractivity contribution in [3.8, 4) is 0 Å². The maximum absolute atomic E-state index is 13.7. The van der Waals surface area contributed by atoms with E-state index in [-0.39, 0.29) is 23.7 Å². The number of rotatable bonds is 3. The smallest absolute Gasteiger partial charge is 0.371 e. The number of nitrogens with zero attached hydrogens (tertiary/aromatic N) is 1. The number of benzene rings is 1. The molecule has 20 heavy (non-hydrogen) atoms. The van der Waals surface area contributed by atoms with Gasteiger partial charge in [-0.25, -0.2) is 4.39 Å². The number of carbonyl (C=O) groups is 1. The van der Waals surface area contributed by atoms with Gasteiger partial charge in [-0.3, -0.25) is 4.79 Å². The van der Waals surface area contributed by atoms with E-state index in [4.69, 9.17) is 11.6 Å². The van der Waals surface area contributed by atoms with Crippen LogP contribution in [0.15, 0.2) is 18.2 Å². The lowest BCUT2D eigenvalue weighted by atomic mass is 10.2. The second kappa shape index (κ2) is 5.47. The van der Waals surface area contributed by atoms with Gasteiger partial charge in [0.2, 0.25) is 5.91 Å². The zero-order valence-electron chi connectivity index (χ0n) is 10.2. The second-order valence-electron chi connectivity index (χ2n) is 4.46. The molecular weight excluding hydrogens is 300 g/mol. The number of halogens is 5. The number of hydrogen-bond acceptors (Lipinski definition) is 2. The maximum atomic E-state index is 13.7. The van der Waals surface area contributed by atoms with Crippen molar-refractivity contribution in [1.29, 1.82) is 0 Å². The van der Waals surface area contributed by atoms with E-state index in [1.165, 1.54) is 18.2 Å². The Morgan fingerprint density at radius 1 is 1.40 bits per heavy atom. The molecule has 0 radical (unpaired) electrons. The van der Waals surface area contributed by atoms with E-state index < -0.39 is 30.5 Å². The summed E-state index contributed by atoms with van der Waals surface area (Å²) in [6.45, 7) is -1.31. The average Bonchev–Trinajstić information content (AvgIpc) is 2.66. The number of nitrogens with one attached hydrogen (secondary N) is 1. The van der Waals surface area contributed by atoms with Gasteiger partial charge in [-0.15, -0.1) is 0 Å². The van der Waals surface area contributed by atoms with Gasteiger partial charge in [-0.2, -0.15) is 13.2 Å². The standard InChI is InChI=1S/C12H11ClF4N2O/c13-7-2-1-3-8(10(7)14)18-9-4-5-19(11(9)20)6-12(15,16)17/h1-3,9,18H,4-6H2. The molecule has 1 aliphatic heterocycles. The van der Waals surface area contributed by atoms with Gasteiger partial charge in [0.15, 0.2) is 5.82 Å². The highest BCUT2D eigenvalue weighted by Gasteiger charge is 2.39. The average molecular weight is 311 g/mol. The molecule has 2 rings (SSSR count). The Balaban J connectivity index is 2.05. The van der Waals surface area contributed by atoms with E-state index in [1.54, 1.807) is 0 Å². The summed E-state index contributed by atoms with van der Waals surface area (Å²) in [5.74, 6) is -1.42. The first kappa shape index (κ1) is 14.9. The molecule has 1 fully saturated rings. The summed E-state index contributed by atoms with van der Waals surface area (Å²) in [6.07, 6.45) is -4.26. The van der Waals surface area contributed by atoms with Crippen LogP contribution in [0.25, 0.3) is 0 Å². The van der Waals surface area contributed by atoms with Gasteiger partial charge in [0.1, 0.15) is 12.6 Å². The Morgan fingerprint density at radius 3 is 2.75 bits per heavy atom. The Hall–Kier alpha value is -1.50. The molecule has 1 aromatic carbocycles. The minimum atomic E-state index is -4.44. The van der Waals surface area contributed by atoms with Crippen LogP contribution in [0, 0.1) is 5.82 Å². The molecule has 1 aromatic rings. The summed E-state index contributed by atoms with van der Waals surface area (Å²) in [6, 6.07) is 3.33. The lowest BCUT2D eigenvalue weighted by Gasteiger charge is -2.19. The summed E-state index contributed by atoms with van der Waals surface area (Å²) in [4.78, 5) is 12.5. The van der Waals surface area contributed by atoms with Crippen molar-refractivity contribution in [2.75, 3.05) is 18.4 Å². The first-order valence-electron chi connectivity index (χ1n) is 5.84. The topological polar surface area (TPSA) is 32.3 Å². The molecule has 110 valence electrons. The first-order valence-corrected chi connectivity index (χ1v) is 6.22. The van der Waals surface area contributed by atoms with Crippen LogP contribution in [0.3, 0.4) is 0 Å². The highest BCUT2D eigenvalue weighted by Crippen LogP contribution is 2.26. The van der Waals surface area contributed by atoms with E-state index in [0.717, 1.165) is 0 Å². The van der Waals surface area contributed by atoms with Crippen molar-refractivity contribution in [1.82, 2.24) is 4.90 Å². The Kier molecular flexibility index (Phi) is 4.08. The number of amides is 1. The second-order valence-corrected chi connectivity index (χ2v) is 4.87. The molecule has 0 aliphatic carbocycles. The molecule has 0 saturated carbocycles. The third-order valence-corrected chi connectivity index (χ3v) is 3.24. The third-order valence-electron chi connectivity index (χ3n) is 2.95. The van der Waals surface area contributed by atoms with E-state index in [2.05, 4.69) is 5.32 Å². The van der Waals surface area contributed by atoms with Gasteiger partial charge in [0.05, 0.1) is 10.7 Å². The van der Waals surface area contributed by atoms with Crippen LogP contribution in [-0.2, 0) is 4.79 Å². The van der Waals surface area contributed by atoms with Crippen LogP contribution in [0.2, 0.25) is 5.02 Å². The molecule has 0 bridgehead atoms. The van der Waals surface area contributed by atoms with Crippen LogP contribution in [-0.4, -0.2) is 36.1 Å². The summed E-state index contributed by atoms with van der Waals surface area (Å²) >= 11 is 5.59. The monoisotopic (exact) mass is 310 g/mol. The lowest BCUT2D eigenvalue weighted by molar-refractivity contribution is -0.157. The minimum Gasteiger partial charge on any atom is -0.371 e. The van der Waals surface area contributed by atoms with E-state index >= 15 is 0 Å². The van der Waals surface area contributed by atoms with Gasteiger partial charge in [-0.05, 0) is 18.6 Å². The SMILES string of the molecule is O=C1C(Nc2cccc(Cl)c2F)CCN1CC(F)(F)F. The fraction of sp³-hybridized carbons (Fsp3) is 0.417. The number of anilines is 1.